The van der Waals surface area contributed by atoms with Gasteiger partial charge in [0.2, 0.25) is 0 Å². The standard InChI is InChI=1S/C16H16O4/c1-19-15-8-10(6-7-13(15)18)16-12(9-17)11-4-2-3-5-14(11)20-16/h2-8,12,16-18H,9H2,1H3/t12-,16-/m1/s1. The van der Waals surface area contributed by atoms with Crippen LogP contribution in [0.15, 0.2) is 42.5 Å². The lowest BCUT2D eigenvalue weighted by atomic mass is 9.92. The number of aliphatic hydroxyl groups excluding tert-OH is 1. The number of methoxy groups -OCH3 is 1. The summed E-state index contributed by atoms with van der Waals surface area (Å²) in [4.78, 5) is 0. The average Bonchev–Trinajstić information content (AvgIpc) is 2.86. The molecule has 1 aliphatic rings. The van der Waals surface area contributed by atoms with Crippen molar-refractivity contribution in [3.63, 3.8) is 0 Å². The third-order valence-electron chi connectivity index (χ3n) is 3.67. The maximum Gasteiger partial charge on any atom is 0.160 e. The molecular formula is C16H16O4. The molecule has 0 amide bonds. The van der Waals surface area contributed by atoms with Gasteiger partial charge in [-0.15, -0.1) is 0 Å². The summed E-state index contributed by atoms with van der Waals surface area (Å²) in [7, 11) is 1.51. The second kappa shape index (κ2) is 5.06. The number of para-hydroxylation sites is 1. The molecule has 2 N–H and O–H groups in total. The molecule has 2 aromatic carbocycles. The third kappa shape index (κ3) is 1.98. The molecule has 4 heteroatoms. The van der Waals surface area contributed by atoms with Gasteiger partial charge in [-0.05, 0) is 23.8 Å². The lowest BCUT2D eigenvalue weighted by Crippen LogP contribution is -2.13. The fourth-order valence-electron chi connectivity index (χ4n) is 2.64. The van der Waals surface area contributed by atoms with Gasteiger partial charge in [0.1, 0.15) is 11.9 Å². The van der Waals surface area contributed by atoms with E-state index in [1.54, 1.807) is 18.2 Å². The van der Waals surface area contributed by atoms with Crippen LogP contribution in [0.5, 0.6) is 17.2 Å². The molecule has 0 spiro atoms. The van der Waals surface area contributed by atoms with E-state index in [0.29, 0.717) is 5.75 Å². The molecule has 2 atom stereocenters. The first-order valence-electron chi connectivity index (χ1n) is 6.48. The number of benzene rings is 2. The first kappa shape index (κ1) is 12.8. The Morgan fingerprint density at radius 1 is 1.20 bits per heavy atom. The Bertz CT molecular complexity index is 624. The van der Waals surface area contributed by atoms with E-state index in [2.05, 4.69) is 0 Å². The number of aliphatic hydroxyl groups is 1. The van der Waals surface area contributed by atoms with Gasteiger partial charge in [0.25, 0.3) is 0 Å². The molecule has 0 aliphatic carbocycles. The second-order valence-corrected chi connectivity index (χ2v) is 4.80. The van der Waals surface area contributed by atoms with Crippen LogP contribution in [-0.4, -0.2) is 23.9 Å². The van der Waals surface area contributed by atoms with Crippen molar-refractivity contribution in [3.05, 3.63) is 53.6 Å². The lowest BCUT2D eigenvalue weighted by molar-refractivity contribution is 0.159. The minimum absolute atomic E-state index is 0.00483. The maximum absolute atomic E-state index is 9.66. The Kier molecular flexibility index (Phi) is 3.24. The van der Waals surface area contributed by atoms with E-state index in [4.69, 9.17) is 9.47 Å². The van der Waals surface area contributed by atoms with Crippen LogP contribution in [0, 0.1) is 0 Å². The van der Waals surface area contributed by atoms with Crippen molar-refractivity contribution < 1.29 is 19.7 Å². The van der Waals surface area contributed by atoms with E-state index in [9.17, 15) is 10.2 Å². The molecule has 0 saturated heterocycles. The monoisotopic (exact) mass is 272 g/mol. The van der Waals surface area contributed by atoms with Crippen LogP contribution in [0.1, 0.15) is 23.1 Å². The Morgan fingerprint density at radius 3 is 2.75 bits per heavy atom. The Balaban J connectivity index is 1.99. The smallest absolute Gasteiger partial charge is 0.160 e. The van der Waals surface area contributed by atoms with Gasteiger partial charge in [0.05, 0.1) is 19.6 Å². The van der Waals surface area contributed by atoms with E-state index in [-0.39, 0.29) is 24.4 Å². The van der Waals surface area contributed by atoms with Gasteiger partial charge in [0.15, 0.2) is 11.5 Å². The van der Waals surface area contributed by atoms with Gasteiger partial charge in [-0.2, -0.15) is 0 Å². The molecule has 0 radical (unpaired) electrons. The number of phenolic OH excluding ortho intramolecular Hbond substituents is 1. The number of ether oxygens (including phenoxy) is 2. The number of fused-ring (bicyclic) bond motifs is 1. The molecule has 0 saturated carbocycles. The van der Waals surface area contributed by atoms with E-state index >= 15 is 0 Å². The summed E-state index contributed by atoms with van der Waals surface area (Å²) >= 11 is 0. The van der Waals surface area contributed by atoms with Crippen molar-refractivity contribution in [2.75, 3.05) is 13.7 Å². The number of aromatic hydroxyl groups is 1. The molecule has 0 bridgehead atoms. The Hall–Kier alpha value is -2.20. The molecule has 4 nitrogen and oxygen atoms in total. The van der Waals surface area contributed by atoms with Crippen LogP contribution in [0.2, 0.25) is 0 Å². The average molecular weight is 272 g/mol. The zero-order chi connectivity index (χ0) is 14.1. The summed E-state index contributed by atoms with van der Waals surface area (Å²) in [6.07, 6.45) is -0.271. The quantitative estimate of drug-likeness (QED) is 0.901. The molecular weight excluding hydrogens is 256 g/mol. The minimum atomic E-state index is -0.271. The van der Waals surface area contributed by atoms with Crippen LogP contribution in [-0.2, 0) is 0 Å². The predicted molar refractivity (Wildman–Crippen MR) is 74.3 cm³/mol. The van der Waals surface area contributed by atoms with Crippen molar-refractivity contribution in [1.82, 2.24) is 0 Å². The predicted octanol–water partition coefficient (Wildman–Crippen LogP) is 2.61. The normalized spacial score (nSPS) is 20.3. The van der Waals surface area contributed by atoms with Gasteiger partial charge in [-0.3, -0.25) is 0 Å². The fraction of sp³-hybridized carbons (Fsp3) is 0.250. The maximum atomic E-state index is 9.66. The van der Waals surface area contributed by atoms with Crippen LogP contribution in [0.25, 0.3) is 0 Å². The van der Waals surface area contributed by atoms with Crippen LogP contribution in [0.3, 0.4) is 0 Å². The van der Waals surface area contributed by atoms with E-state index < -0.39 is 0 Å². The number of hydrogen-bond donors (Lipinski definition) is 2. The van der Waals surface area contributed by atoms with Gasteiger partial charge in [-0.25, -0.2) is 0 Å². The zero-order valence-corrected chi connectivity index (χ0v) is 11.1. The SMILES string of the molecule is COc1cc([C@H]2Oc3ccccc3[C@H]2CO)ccc1O. The van der Waals surface area contributed by atoms with Gasteiger partial charge >= 0.3 is 0 Å². The molecule has 20 heavy (non-hydrogen) atoms. The first-order valence-corrected chi connectivity index (χ1v) is 6.48. The van der Waals surface area contributed by atoms with E-state index in [1.807, 2.05) is 24.3 Å². The summed E-state index contributed by atoms with van der Waals surface area (Å²) in [5, 5.41) is 19.3. The zero-order valence-electron chi connectivity index (χ0n) is 11.1. The van der Waals surface area contributed by atoms with Crippen molar-refractivity contribution in [1.29, 1.82) is 0 Å². The fourth-order valence-corrected chi connectivity index (χ4v) is 2.64. The molecule has 1 aliphatic heterocycles. The highest BCUT2D eigenvalue weighted by Gasteiger charge is 2.35. The molecule has 0 unspecified atom stereocenters. The molecule has 2 aromatic rings. The molecule has 1 heterocycles. The van der Waals surface area contributed by atoms with E-state index in [1.165, 1.54) is 7.11 Å². The highest BCUT2D eigenvalue weighted by Crippen LogP contribution is 2.46. The topological polar surface area (TPSA) is 58.9 Å². The minimum Gasteiger partial charge on any atom is -0.504 e. The highest BCUT2D eigenvalue weighted by molar-refractivity contribution is 5.47. The van der Waals surface area contributed by atoms with Crippen molar-refractivity contribution in [2.24, 2.45) is 0 Å². The van der Waals surface area contributed by atoms with Crippen LogP contribution < -0.4 is 9.47 Å². The largest absolute Gasteiger partial charge is 0.504 e. The second-order valence-electron chi connectivity index (χ2n) is 4.80. The van der Waals surface area contributed by atoms with Crippen molar-refractivity contribution >= 4 is 0 Å². The number of hydrogen-bond acceptors (Lipinski definition) is 4. The van der Waals surface area contributed by atoms with Crippen LogP contribution >= 0.6 is 0 Å². The van der Waals surface area contributed by atoms with Crippen LogP contribution in [0.4, 0.5) is 0 Å². The third-order valence-corrected chi connectivity index (χ3v) is 3.67. The Labute approximate surface area is 117 Å². The highest BCUT2D eigenvalue weighted by atomic mass is 16.5. The van der Waals surface area contributed by atoms with E-state index in [0.717, 1.165) is 16.9 Å². The van der Waals surface area contributed by atoms with Gasteiger partial charge in [0, 0.05) is 5.56 Å². The summed E-state index contributed by atoms with van der Waals surface area (Å²) in [6.45, 7) is 0.00483. The van der Waals surface area contributed by atoms with Crippen molar-refractivity contribution in [3.8, 4) is 17.2 Å². The van der Waals surface area contributed by atoms with Crippen molar-refractivity contribution in [2.45, 2.75) is 12.0 Å². The molecule has 104 valence electrons. The summed E-state index contributed by atoms with van der Waals surface area (Å²) in [6, 6.07) is 12.8. The Morgan fingerprint density at radius 2 is 2.00 bits per heavy atom. The first-order chi connectivity index (χ1) is 9.74. The lowest BCUT2D eigenvalue weighted by Gasteiger charge is -2.18. The summed E-state index contributed by atoms with van der Waals surface area (Å²) < 4.78 is 11.1. The summed E-state index contributed by atoms with van der Waals surface area (Å²) in [5.74, 6) is 1.18. The number of rotatable bonds is 3. The summed E-state index contributed by atoms with van der Waals surface area (Å²) in [5.41, 5.74) is 1.88. The number of phenols is 1. The molecule has 0 fully saturated rings. The van der Waals surface area contributed by atoms with Gasteiger partial charge < -0.3 is 19.7 Å². The molecule has 0 aromatic heterocycles. The molecule has 3 rings (SSSR count). The van der Waals surface area contributed by atoms with Gasteiger partial charge in [-0.1, -0.05) is 24.3 Å².